The van der Waals surface area contributed by atoms with Gasteiger partial charge in [0.1, 0.15) is 0 Å². The van der Waals surface area contributed by atoms with E-state index in [9.17, 15) is 51.9 Å². The Labute approximate surface area is 216 Å². The van der Waals surface area contributed by atoms with Crippen LogP contribution in [0.3, 0.4) is 0 Å². The molecule has 158 valence electrons. The van der Waals surface area contributed by atoms with Gasteiger partial charge < -0.3 is 9.11 Å². The van der Waals surface area contributed by atoms with E-state index in [4.69, 9.17) is 0 Å². The molecule has 0 radical (unpaired) electrons. The second-order valence-corrected chi connectivity index (χ2v) is 11.0. The Morgan fingerprint density at radius 1 is 0.867 bits per heavy atom. The Morgan fingerprint density at radius 3 is 1.67 bits per heavy atom. The van der Waals surface area contributed by atoms with E-state index < -0.39 is 65.9 Å². The van der Waals surface area contributed by atoms with Crippen LogP contribution in [0.25, 0.3) is 0 Å². The third-order valence-electron chi connectivity index (χ3n) is 3.42. The first kappa shape index (κ1) is 30.2. The molecule has 0 spiro atoms. The van der Waals surface area contributed by atoms with Crippen molar-refractivity contribution in [2.75, 3.05) is 0 Å². The van der Waals surface area contributed by atoms with E-state index in [1.165, 1.54) is 30.3 Å². The molecule has 1 heterocycles. The molecule has 2 rings (SSSR count). The van der Waals surface area contributed by atoms with Crippen molar-refractivity contribution in [1.82, 2.24) is 8.61 Å². The Bertz CT molecular complexity index is 1210. The van der Waals surface area contributed by atoms with E-state index in [0.717, 1.165) is 0 Å². The predicted octanol–water partition coefficient (Wildman–Crippen LogP) is -8.00. The van der Waals surface area contributed by atoms with Gasteiger partial charge in [-0.1, -0.05) is 30.3 Å². The Balaban J connectivity index is 0.00000420. The second kappa shape index (κ2) is 9.59. The van der Waals surface area contributed by atoms with Gasteiger partial charge in [0.05, 0.1) is 5.70 Å². The summed E-state index contributed by atoms with van der Waals surface area (Å²) in [5, 5.41) is 0. The summed E-state index contributed by atoms with van der Waals surface area (Å²) in [6.07, 6.45) is -0.855. The van der Waals surface area contributed by atoms with Crippen LogP contribution in [0.2, 0.25) is 0 Å². The second-order valence-electron chi connectivity index (χ2n) is 5.26. The molecule has 14 nitrogen and oxygen atoms in total. The van der Waals surface area contributed by atoms with Crippen LogP contribution in [-0.4, -0.2) is 64.8 Å². The largest absolute Gasteiger partial charge is 1.00 e. The van der Waals surface area contributed by atoms with Crippen LogP contribution < -0.4 is 59.1 Å². The van der Waals surface area contributed by atoms with Gasteiger partial charge in [-0.05, 0) is 5.56 Å². The zero-order chi connectivity index (χ0) is 21.8. The predicted molar refractivity (Wildman–Crippen MR) is 87.1 cm³/mol. The molecular formula is C10H10N2Na2O12S4. The topological polar surface area (TPSA) is 230 Å². The maximum Gasteiger partial charge on any atom is 1.00 e. The molecule has 0 amide bonds. The molecule has 0 saturated carbocycles. The molecule has 30 heavy (non-hydrogen) atoms. The number of rotatable bonds is 6. The number of nitrogens with zero attached hydrogens (tertiary/aromatic N) is 2. The molecule has 0 fully saturated rings. The van der Waals surface area contributed by atoms with Crippen molar-refractivity contribution in [1.29, 1.82) is 0 Å². The van der Waals surface area contributed by atoms with E-state index in [0.29, 0.717) is 0 Å². The maximum absolute atomic E-state index is 11.8. The quantitative estimate of drug-likeness (QED) is 0.261. The minimum atomic E-state index is -6.72. The maximum atomic E-state index is 11.8. The Morgan fingerprint density at radius 2 is 1.33 bits per heavy atom. The zero-order valence-electron chi connectivity index (χ0n) is 15.2. The van der Waals surface area contributed by atoms with E-state index >= 15 is 0 Å². The molecule has 0 aromatic heterocycles. The van der Waals surface area contributed by atoms with E-state index in [1.54, 1.807) is 0 Å². The van der Waals surface area contributed by atoms with Crippen LogP contribution in [0, 0.1) is 0 Å². The van der Waals surface area contributed by atoms with Gasteiger partial charge in [-0.3, -0.25) is 9.11 Å². The first-order valence-electron chi connectivity index (χ1n) is 6.64. The fourth-order valence-corrected chi connectivity index (χ4v) is 8.43. The van der Waals surface area contributed by atoms with Gasteiger partial charge in [0, 0.05) is 12.6 Å². The van der Waals surface area contributed by atoms with Crippen LogP contribution in [0.15, 0.2) is 42.2 Å². The monoisotopic (exact) mass is 524 g/mol. The van der Waals surface area contributed by atoms with Crippen LogP contribution in [0.5, 0.6) is 0 Å². The summed E-state index contributed by atoms with van der Waals surface area (Å²) in [6, 6.07) is 6.93. The molecule has 1 aliphatic rings. The summed E-state index contributed by atoms with van der Waals surface area (Å²) in [5.41, 5.74) is -0.995. The number of hydrogen-bond acceptors (Lipinski definition) is 10. The van der Waals surface area contributed by atoms with Crippen molar-refractivity contribution in [3.8, 4) is 0 Å². The molecule has 1 unspecified atom stereocenters. The van der Waals surface area contributed by atoms with Gasteiger partial charge in [-0.2, -0.15) is 21.1 Å². The number of allylic oxidation sites excluding steroid dienone is 1. The third-order valence-corrected chi connectivity index (χ3v) is 9.02. The van der Waals surface area contributed by atoms with E-state index in [-0.39, 0.29) is 70.9 Å². The zero-order valence-corrected chi connectivity index (χ0v) is 22.4. The molecule has 0 bridgehead atoms. The van der Waals surface area contributed by atoms with Gasteiger partial charge in [-0.15, -0.1) is 0 Å². The van der Waals surface area contributed by atoms with Gasteiger partial charge in [-0.25, -0.2) is 21.1 Å². The van der Waals surface area contributed by atoms with Gasteiger partial charge in [0.2, 0.25) is 0 Å². The Kier molecular flexibility index (Phi) is 9.66. The van der Waals surface area contributed by atoms with Crippen molar-refractivity contribution in [2.24, 2.45) is 0 Å². The third kappa shape index (κ3) is 5.39. The fourth-order valence-electron chi connectivity index (χ4n) is 2.52. The van der Waals surface area contributed by atoms with Crippen molar-refractivity contribution in [2.45, 2.75) is 10.7 Å². The first-order valence-corrected chi connectivity index (χ1v) is 12.3. The van der Waals surface area contributed by atoms with Crippen molar-refractivity contribution in [3.05, 3.63) is 47.8 Å². The molecule has 1 aromatic carbocycles. The summed E-state index contributed by atoms with van der Waals surface area (Å²) in [7, 11) is -25.5. The standard InChI is InChI=1S/C10H12N2O12S4.2Na/c13-25(14,15)10(26(16,17)18)11(27(19,20)21)7-9(12(10)28(22,23)24)6-8-4-2-1-3-5-8;;/h1-5,7H,6H2,(H,13,14,15)(H,16,17,18)(H,19,20,21)(H,22,23,24);;/q;2*+1/p-2. The molecule has 0 aliphatic carbocycles. The van der Waals surface area contributed by atoms with Crippen molar-refractivity contribution >= 4 is 40.8 Å². The number of hydrogen-bond donors (Lipinski definition) is 2. The van der Waals surface area contributed by atoms with E-state index in [1.807, 2.05) is 0 Å². The summed E-state index contributed by atoms with van der Waals surface area (Å²) in [5.74, 6) is 0. The first-order chi connectivity index (χ1) is 12.4. The molecule has 1 aliphatic heterocycles. The molecule has 1 atom stereocenters. The summed E-state index contributed by atoms with van der Waals surface area (Å²) in [6.45, 7) is 0. The smallest absolute Gasteiger partial charge is 0.744 e. The van der Waals surface area contributed by atoms with E-state index in [2.05, 4.69) is 0 Å². The SMILES string of the molecule is O=S(=O)([O-])N1C=C(Cc2ccccc2)N(S(=O)(=O)O)C1(S(=O)(=O)[O-])S(=O)(=O)O.[Na+].[Na+]. The van der Waals surface area contributed by atoms with Gasteiger partial charge >= 0.3 is 83.9 Å². The summed E-state index contributed by atoms with van der Waals surface area (Å²) < 4.78 is 128. The van der Waals surface area contributed by atoms with Crippen molar-refractivity contribution < 1.29 is 111 Å². The molecule has 0 saturated heterocycles. The van der Waals surface area contributed by atoms with Crippen LogP contribution in [0.1, 0.15) is 5.56 Å². The average Bonchev–Trinajstić information content (AvgIpc) is 2.84. The van der Waals surface area contributed by atoms with Gasteiger partial charge in [0.15, 0.2) is 20.4 Å². The summed E-state index contributed by atoms with van der Waals surface area (Å²) >= 11 is 0. The normalized spacial score (nSPS) is 20.2. The average molecular weight is 524 g/mol. The van der Waals surface area contributed by atoms with Gasteiger partial charge in [0.25, 0.3) is 0 Å². The molecular weight excluding hydrogens is 514 g/mol. The van der Waals surface area contributed by atoms with Crippen LogP contribution >= 0.6 is 0 Å². The number of benzene rings is 1. The molecule has 20 heteroatoms. The summed E-state index contributed by atoms with van der Waals surface area (Å²) in [4.78, 5) is 0. The minimum absolute atomic E-state index is 0. The van der Waals surface area contributed by atoms with Crippen molar-refractivity contribution in [3.63, 3.8) is 0 Å². The van der Waals surface area contributed by atoms with Crippen LogP contribution in [0.4, 0.5) is 0 Å². The van der Waals surface area contributed by atoms with Crippen LogP contribution in [-0.2, 0) is 47.3 Å². The fraction of sp³-hybridized carbons (Fsp3) is 0.200. The molecule has 2 N–H and O–H groups in total. The molecule has 1 aromatic rings. The minimum Gasteiger partial charge on any atom is -0.744 e. The Hall–Kier alpha value is 0.200.